The lowest BCUT2D eigenvalue weighted by atomic mass is 10.2. The lowest BCUT2D eigenvalue weighted by Gasteiger charge is -2.22. The third-order valence-electron chi connectivity index (χ3n) is 3.78. The zero-order chi connectivity index (χ0) is 14.2. The highest BCUT2D eigenvalue weighted by atomic mass is 32.2. The molecule has 2 aliphatic rings. The highest BCUT2D eigenvalue weighted by Gasteiger charge is 2.33. The largest absolute Gasteiger partial charge is 0.309 e. The monoisotopic (exact) mass is 292 g/mol. The van der Waals surface area contributed by atoms with E-state index < -0.39 is 10.2 Å². The summed E-state index contributed by atoms with van der Waals surface area (Å²) in [6, 6.07) is 7.37. The van der Waals surface area contributed by atoms with Crippen molar-refractivity contribution in [1.82, 2.24) is 9.62 Å². The van der Waals surface area contributed by atoms with E-state index in [0.717, 1.165) is 17.7 Å². The van der Waals surface area contributed by atoms with Crippen LogP contribution in [0.15, 0.2) is 24.3 Å². The zero-order valence-electron chi connectivity index (χ0n) is 11.0. The fraction of sp³-hybridized carbons (Fsp3) is 0.462. The lowest BCUT2D eigenvalue weighted by Crippen LogP contribution is -2.45. The van der Waals surface area contributed by atoms with Crippen molar-refractivity contribution in [3.05, 3.63) is 29.8 Å². The number of benzene rings is 1. The maximum absolute atomic E-state index is 12.5. The van der Waals surface area contributed by atoms with E-state index in [1.165, 1.54) is 4.31 Å². The average Bonchev–Trinajstić information content (AvgIpc) is 3.04. The van der Waals surface area contributed by atoms with Gasteiger partial charge in [-0.2, -0.15) is 18.4 Å². The summed E-state index contributed by atoms with van der Waals surface area (Å²) < 4.78 is 29.1. The Bertz CT molecular complexity index is 653. The van der Waals surface area contributed by atoms with Crippen molar-refractivity contribution in [2.24, 2.45) is 0 Å². The third kappa shape index (κ3) is 2.32. The summed E-state index contributed by atoms with van der Waals surface area (Å²) in [5.74, 6) is 0. The Morgan fingerprint density at radius 1 is 1.30 bits per heavy atom. The summed E-state index contributed by atoms with van der Waals surface area (Å²) in [6.07, 6.45) is 3.46. The van der Waals surface area contributed by atoms with Crippen LogP contribution >= 0.6 is 0 Å². The van der Waals surface area contributed by atoms with Gasteiger partial charge < -0.3 is 4.90 Å². The molecule has 0 saturated carbocycles. The number of hydrogen-bond acceptors (Lipinski definition) is 4. The molecule has 7 heteroatoms. The van der Waals surface area contributed by atoms with Crippen molar-refractivity contribution in [2.45, 2.75) is 18.9 Å². The van der Waals surface area contributed by atoms with Crippen LogP contribution in [0.4, 0.5) is 5.69 Å². The molecule has 1 fully saturated rings. The summed E-state index contributed by atoms with van der Waals surface area (Å²) in [4.78, 5) is 1.57. The maximum atomic E-state index is 12.5. The van der Waals surface area contributed by atoms with E-state index in [1.807, 2.05) is 30.5 Å². The van der Waals surface area contributed by atoms with E-state index >= 15 is 0 Å². The van der Waals surface area contributed by atoms with Gasteiger partial charge in [0.25, 0.3) is 0 Å². The Hall–Kier alpha value is -1.78. The summed E-state index contributed by atoms with van der Waals surface area (Å²) in [6.45, 7) is 1.54. The standard InChI is InChI=1S/C13H16N4O2S/c14-10-16-7-6-12(9-16)15-20(18,19)17-8-5-11-3-1-2-4-13(11)17/h1-4,12,15H,5-9H2. The molecule has 0 spiro atoms. The van der Waals surface area contributed by atoms with Gasteiger partial charge in [0.2, 0.25) is 0 Å². The molecule has 20 heavy (non-hydrogen) atoms. The molecule has 6 nitrogen and oxygen atoms in total. The summed E-state index contributed by atoms with van der Waals surface area (Å²) in [5.41, 5.74) is 1.82. The number of nitrogens with one attached hydrogen (secondary N) is 1. The Morgan fingerprint density at radius 3 is 2.85 bits per heavy atom. The number of hydrogen-bond donors (Lipinski definition) is 1. The number of para-hydroxylation sites is 1. The molecule has 106 valence electrons. The molecular formula is C13H16N4O2S. The normalized spacial score (nSPS) is 21.9. The van der Waals surface area contributed by atoms with Crippen LogP contribution in [0.1, 0.15) is 12.0 Å². The van der Waals surface area contributed by atoms with Crippen molar-refractivity contribution in [2.75, 3.05) is 23.9 Å². The molecule has 0 amide bonds. The first-order valence-electron chi connectivity index (χ1n) is 6.63. The molecular weight excluding hydrogens is 276 g/mol. The maximum Gasteiger partial charge on any atom is 0.301 e. The predicted octanol–water partition coefficient (Wildman–Crippen LogP) is 0.439. The van der Waals surface area contributed by atoms with E-state index in [4.69, 9.17) is 5.26 Å². The fourth-order valence-electron chi connectivity index (χ4n) is 2.78. The Balaban J connectivity index is 1.76. The molecule has 2 heterocycles. The van der Waals surface area contributed by atoms with Gasteiger partial charge in [-0.1, -0.05) is 18.2 Å². The molecule has 1 aromatic rings. The van der Waals surface area contributed by atoms with Crippen LogP contribution in [-0.4, -0.2) is 39.0 Å². The topological polar surface area (TPSA) is 76.4 Å². The van der Waals surface area contributed by atoms with Gasteiger partial charge in [0.05, 0.1) is 5.69 Å². The molecule has 0 radical (unpaired) electrons. The lowest BCUT2D eigenvalue weighted by molar-refractivity contribution is 0.470. The number of anilines is 1. The summed E-state index contributed by atoms with van der Waals surface area (Å²) in [7, 11) is -3.54. The van der Waals surface area contributed by atoms with Gasteiger partial charge in [0, 0.05) is 25.7 Å². The molecule has 1 unspecified atom stereocenters. The van der Waals surface area contributed by atoms with Gasteiger partial charge in [0.15, 0.2) is 6.19 Å². The molecule has 1 N–H and O–H groups in total. The fourth-order valence-corrected chi connectivity index (χ4v) is 4.29. The van der Waals surface area contributed by atoms with E-state index in [1.54, 1.807) is 4.90 Å². The van der Waals surface area contributed by atoms with Crippen molar-refractivity contribution >= 4 is 15.9 Å². The first-order valence-corrected chi connectivity index (χ1v) is 8.07. The second-order valence-electron chi connectivity index (χ2n) is 5.11. The Morgan fingerprint density at radius 2 is 2.10 bits per heavy atom. The van der Waals surface area contributed by atoms with Crippen LogP contribution in [0.2, 0.25) is 0 Å². The third-order valence-corrected chi connectivity index (χ3v) is 5.37. The second-order valence-corrected chi connectivity index (χ2v) is 6.73. The molecule has 0 aliphatic carbocycles. The van der Waals surface area contributed by atoms with Crippen molar-refractivity contribution in [1.29, 1.82) is 5.26 Å². The second kappa shape index (κ2) is 4.96. The van der Waals surface area contributed by atoms with Crippen molar-refractivity contribution < 1.29 is 8.42 Å². The molecule has 1 atom stereocenters. The van der Waals surface area contributed by atoms with Crippen LogP contribution in [0.25, 0.3) is 0 Å². The molecule has 0 bridgehead atoms. The first-order chi connectivity index (χ1) is 9.60. The smallest absolute Gasteiger partial charge is 0.301 e. The minimum absolute atomic E-state index is 0.188. The molecule has 1 aromatic carbocycles. The van der Waals surface area contributed by atoms with Gasteiger partial charge in [-0.15, -0.1) is 0 Å². The van der Waals surface area contributed by atoms with Crippen LogP contribution in [0.5, 0.6) is 0 Å². The average molecular weight is 292 g/mol. The van der Waals surface area contributed by atoms with Gasteiger partial charge in [-0.25, -0.2) is 0 Å². The number of nitriles is 1. The minimum atomic E-state index is -3.54. The Labute approximate surface area is 118 Å². The number of fused-ring (bicyclic) bond motifs is 1. The first kappa shape index (κ1) is 13.2. The minimum Gasteiger partial charge on any atom is -0.309 e. The van der Waals surface area contributed by atoms with Crippen molar-refractivity contribution in [3.8, 4) is 6.19 Å². The van der Waals surface area contributed by atoms with Crippen LogP contribution in [-0.2, 0) is 16.6 Å². The molecule has 1 saturated heterocycles. The zero-order valence-corrected chi connectivity index (χ0v) is 11.8. The summed E-state index contributed by atoms with van der Waals surface area (Å²) >= 11 is 0. The highest BCUT2D eigenvalue weighted by molar-refractivity contribution is 7.90. The van der Waals surface area contributed by atoms with E-state index in [0.29, 0.717) is 26.1 Å². The number of nitrogens with zero attached hydrogens (tertiary/aromatic N) is 3. The van der Waals surface area contributed by atoms with Crippen LogP contribution < -0.4 is 9.03 Å². The predicted molar refractivity (Wildman–Crippen MR) is 75.1 cm³/mol. The quantitative estimate of drug-likeness (QED) is 0.820. The molecule has 3 rings (SSSR count). The van der Waals surface area contributed by atoms with E-state index in [-0.39, 0.29) is 6.04 Å². The van der Waals surface area contributed by atoms with Crippen LogP contribution in [0.3, 0.4) is 0 Å². The van der Waals surface area contributed by atoms with E-state index in [2.05, 4.69) is 4.72 Å². The van der Waals surface area contributed by atoms with Crippen LogP contribution in [0, 0.1) is 11.5 Å². The highest BCUT2D eigenvalue weighted by Crippen LogP contribution is 2.29. The SMILES string of the molecule is N#CN1CCC(NS(=O)(=O)N2CCc3ccccc32)C1. The Kier molecular flexibility index (Phi) is 3.28. The van der Waals surface area contributed by atoms with Gasteiger partial charge >= 0.3 is 10.2 Å². The number of likely N-dealkylation sites (tertiary alicyclic amines) is 1. The molecule has 2 aliphatic heterocycles. The number of rotatable bonds is 3. The van der Waals surface area contributed by atoms with E-state index in [9.17, 15) is 8.42 Å². The molecule has 0 aromatic heterocycles. The van der Waals surface area contributed by atoms with Gasteiger partial charge in [-0.3, -0.25) is 4.31 Å². The summed E-state index contributed by atoms with van der Waals surface area (Å²) in [5, 5.41) is 8.81. The van der Waals surface area contributed by atoms with Gasteiger partial charge in [0.1, 0.15) is 0 Å². The van der Waals surface area contributed by atoms with Crippen molar-refractivity contribution in [3.63, 3.8) is 0 Å². The van der Waals surface area contributed by atoms with Gasteiger partial charge in [-0.05, 0) is 24.5 Å².